The van der Waals surface area contributed by atoms with Gasteiger partial charge in [-0.2, -0.15) is 0 Å². The second-order valence-electron chi connectivity index (χ2n) is 2.18. The molecule has 52 valence electrons. The molecule has 2 heteroatoms. The fraction of sp³-hybridized carbons (Fsp3) is 1.00. The van der Waals surface area contributed by atoms with Gasteiger partial charge in [0.15, 0.2) is 0 Å². The van der Waals surface area contributed by atoms with Crippen LogP contribution in [0.1, 0.15) is 33.6 Å². The van der Waals surface area contributed by atoms with Crippen LogP contribution in [0, 0.1) is 5.92 Å². The summed E-state index contributed by atoms with van der Waals surface area (Å²) in [6.45, 7) is 6.73. The summed E-state index contributed by atoms with van der Waals surface area (Å²) in [7, 11) is 0. The molecule has 0 saturated heterocycles. The van der Waals surface area contributed by atoms with Crippen LogP contribution in [-0.4, -0.2) is 10.5 Å². The van der Waals surface area contributed by atoms with Crippen LogP contribution >= 0.6 is 0 Å². The summed E-state index contributed by atoms with van der Waals surface area (Å²) in [4.78, 5) is 0. The Bertz CT molecular complexity index is 27.7. The molecule has 2 nitrogen and oxygen atoms in total. The molecule has 0 aliphatic rings. The van der Waals surface area contributed by atoms with Gasteiger partial charge in [0, 0.05) is 0 Å². The van der Waals surface area contributed by atoms with E-state index >= 15 is 0 Å². The molecule has 0 spiro atoms. The molecule has 0 bridgehead atoms. The molecular weight excluding hydrogens is 104 g/mol. The third kappa shape index (κ3) is 16.8. The Hall–Kier alpha value is -0.0800. The van der Waals surface area contributed by atoms with Crippen LogP contribution in [0.15, 0.2) is 0 Å². The summed E-state index contributed by atoms with van der Waals surface area (Å²) < 4.78 is 0. The molecule has 0 unspecified atom stereocenters. The Labute approximate surface area is 51.1 Å². The Balaban J connectivity index is 0. The first-order valence-corrected chi connectivity index (χ1v) is 2.97. The molecule has 2 N–H and O–H groups in total. The molecule has 0 aromatic heterocycles. The summed E-state index contributed by atoms with van der Waals surface area (Å²) in [5.41, 5.74) is 0. The zero-order valence-corrected chi connectivity index (χ0v) is 5.89. The highest BCUT2D eigenvalue weighted by atomic mass is 17.0. The zero-order chi connectivity index (χ0) is 6.99. The zero-order valence-electron chi connectivity index (χ0n) is 5.89. The highest BCUT2D eigenvalue weighted by molar-refractivity contribution is 4.38. The second kappa shape index (κ2) is 10.0. The molecular formula is C6H16O2. The van der Waals surface area contributed by atoms with Crippen molar-refractivity contribution in [3.05, 3.63) is 0 Å². The molecule has 0 aliphatic heterocycles. The van der Waals surface area contributed by atoms with E-state index in [1.165, 1.54) is 12.8 Å². The minimum atomic E-state index is 0.898. The van der Waals surface area contributed by atoms with Crippen LogP contribution in [-0.2, 0) is 0 Å². The van der Waals surface area contributed by atoms with Gasteiger partial charge in [0.1, 0.15) is 0 Å². The Kier molecular flexibility index (Phi) is 13.6. The lowest BCUT2D eigenvalue weighted by atomic mass is 10.1. The van der Waals surface area contributed by atoms with Crippen LogP contribution in [0.4, 0.5) is 0 Å². The Morgan fingerprint density at radius 3 is 1.62 bits per heavy atom. The summed E-state index contributed by atoms with van der Waals surface area (Å²) in [5, 5.41) is 12.0. The fourth-order valence-corrected chi connectivity index (χ4v) is 0.577. The summed E-state index contributed by atoms with van der Waals surface area (Å²) >= 11 is 0. The van der Waals surface area contributed by atoms with E-state index in [0.29, 0.717) is 0 Å². The molecule has 0 rings (SSSR count). The van der Waals surface area contributed by atoms with Crippen molar-refractivity contribution < 1.29 is 10.5 Å². The van der Waals surface area contributed by atoms with Gasteiger partial charge in [0.05, 0.1) is 0 Å². The third-order valence-corrected chi connectivity index (χ3v) is 0.866. The first-order chi connectivity index (χ1) is 3.77. The molecule has 0 aromatic rings. The van der Waals surface area contributed by atoms with Gasteiger partial charge >= 0.3 is 0 Å². The van der Waals surface area contributed by atoms with E-state index in [0.717, 1.165) is 5.92 Å². The lowest BCUT2D eigenvalue weighted by molar-refractivity contribution is -0.176. The standard InChI is InChI=1S/C6H14.H2O2/c1-4-5-6(2)3;1-2/h6H,4-5H2,1-3H3;1-2H. The van der Waals surface area contributed by atoms with E-state index < -0.39 is 0 Å². The lowest BCUT2D eigenvalue weighted by Gasteiger charge is -1.95. The molecule has 0 heterocycles. The van der Waals surface area contributed by atoms with Crippen molar-refractivity contribution in [3.63, 3.8) is 0 Å². The Morgan fingerprint density at radius 1 is 1.25 bits per heavy atom. The SMILES string of the molecule is CCCC(C)C.OO. The average molecular weight is 120 g/mol. The largest absolute Gasteiger partial charge is 0.255 e. The van der Waals surface area contributed by atoms with Gasteiger partial charge in [-0.15, -0.1) is 0 Å². The van der Waals surface area contributed by atoms with E-state index in [9.17, 15) is 0 Å². The van der Waals surface area contributed by atoms with Gasteiger partial charge in [-0.05, 0) is 5.92 Å². The molecule has 0 aliphatic carbocycles. The van der Waals surface area contributed by atoms with Crippen molar-refractivity contribution in [2.24, 2.45) is 5.92 Å². The predicted molar refractivity (Wildman–Crippen MR) is 35.0 cm³/mol. The van der Waals surface area contributed by atoms with Crippen LogP contribution in [0.2, 0.25) is 0 Å². The van der Waals surface area contributed by atoms with Crippen molar-refractivity contribution in [1.29, 1.82) is 0 Å². The molecule has 0 amide bonds. The molecule has 0 radical (unpaired) electrons. The molecule has 0 saturated carbocycles. The number of rotatable bonds is 2. The van der Waals surface area contributed by atoms with Gasteiger partial charge < -0.3 is 0 Å². The molecule has 0 aromatic carbocycles. The summed E-state index contributed by atoms with van der Waals surface area (Å²) in [6.07, 6.45) is 2.71. The van der Waals surface area contributed by atoms with E-state index in [1.807, 2.05) is 0 Å². The van der Waals surface area contributed by atoms with E-state index in [-0.39, 0.29) is 0 Å². The van der Waals surface area contributed by atoms with Crippen LogP contribution in [0.25, 0.3) is 0 Å². The number of hydrogen-bond acceptors (Lipinski definition) is 2. The quantitative estimate of drug-likeness (QED) is 0.434. The van der Waals surface area contributed by atoms with Gasteiger partial charge in [0.25, 0.3) is 0 Å². The van der Waals surface area contributed by atoms with Gasteiger partial charge in [-0.25, -0.2) is 0 Å². The molecule has 0 fully saturated rings. The maximum atomic E-state index is 6.00. The topological polar surface area (TPSA) is 40.5 Å². The maximum absolute atomic E-state index is 6.00. The summed E-state index contributed by atoms with van der Waals surface area (Å²) in [6, 6.07) is 0. The van der Waals surface area contributed by atoms with Crippen molar-refractivity contribution in [2.75, 3.05) is 0 Å². The normalized spacial score (nSPS) is 8.25. The Morgan fingerprint density at radius 2 is 1.62 bits per heavy atom. The van der Waals surface area contributed by atoms with Crippen LogP contribution in [0.3, 0.4) is 0 Å². The smallest absolute Gasteiger partial charge is 0.0471 e. The minimum Gasteiger partial charge on any atom is -0.255 e. The predicted octanol–water partition coefficient (Wildman–Crippen LogP) is 2.46. The van der Waals surface area contributed by atoms with Gasteiger partial charge in [-0.3, -0.25) is 10.5 Å². The van der Waals surface area contributed by atoms with E-state index in [1.54, 1.807) is 0 Å². The molecule has 0 atom stereocenters. The van der Waals surface area contributed by atoms with Crippen molar-refractivity contribution in [3.8, 4) is 0 Å². The van der Waals surface area contributed by atoms with Gasteiger partial charge in [-0.1, -0.05) is 33.6 Å². The van der Waals surface area contributed by atoms with Crippen molar-refractivity contribution >= 4 is 0 Å². The number of hydrogen-bond donors (Lipinski definition) is 2. The lowest BCUT2D eigenvalue weighted by Crippen LogP contribution is -1.81. The average Bonchev–Trinajstić information content (AvgIpc) is 1.72. The van der Waals surface area contributed by atoms with Crippen molar-refractivity contribution in [1.82, 2.24) is 0 Å². The molecule has 8 heavy (non-hydrogen) atoms. The second-order valence-corrected chi connectivity index (χ2v) is 2.18. The van der Waals surface area contributed by atoms with Crippen molar-refractivity contribution in [2.45, 2.75) is 33.6 Å². The van der Waals surface area contributed by atoms with Gasteiger partial charge in [0.2, 0.25) is 0 Å². The first-order valence-electron chi connectivity index (χ1n) is 2.97. The first kappa shape index (κ1) is 10.8. The van der Waals surface area contributed by atoms with Crippen LogP contribution < -0.4 is 0 Å². The van der Waals surface area contributed by atoms with E-state index in [4.69, 9.17) is 10.5 Å². The highest BCUT2D eigenvalue weighted by Crippen LogP contribution is 2.00. The maximum Gasteiger partial charge on any atom is -0.0471 e. The highest BCUT2D eigenvalue weighted by Gasteiger charge is 1.85. The monoisotopic (exact) mass is 120 g/mol. The van der Waals surface area contributed by atoms with E-state index in [2.05, 4.69) is 20.8 Å². The fourth-order valence-electron chi connectivity index (χ4n) is 0.577. The minimum absolute atomic E-state index is 0.898. The summed E-state index contributed by atoms with van der Waals surface area (Å²) in [5.74, 6) is 0.898. The third-order valence-electron chi connectivity index (χ3n) is 0.866. The van der Waals surface area contributed by atoms with Crippen LogP contribution in [0.5, 0.6) is 0 Å².